The van der Waals surface area contributed by atoms with Crippen LogP contribution in [0, 0.1) is 12.8 Å². The van der Waals surface area contributed by atoms with Crippen molar-refractivity contribution in [3.8, 4) is 0 Å². The van der Waals surface area contributed by atoms with Crippen LogP contribution in [0.4, 0.5) is 5.13 Å². The molecule has 4 nitrogen and oxygen atoms in total. The number of amides is 1. The molecule has 0 aliphatic carbocycles. The second-order valence-electron chi connectivity index (χ2n) is 5.69. The molecule has 2 rings (SSSR count). The quantitative estimate of drug-likeness (QED) is 0.923. The van der Waals surface area contributed by atoms with Gasteiger partial charge in [-0.05, 0) is 25.7 Å². The second-order valence-corrected chi connectivity index (χ2v) is 6.55. The fraction of sp³-hybridized carbons (Fsp3) is 0.714. The first-order valence-electron chi connectivity index (χ1n) is 7.01. The minimum atomic E-state index is 0.304. The largest absolute Gasteiger partial charge is 0.359 e. The van der Waals surface area contributed by atoms with E-state index in [4.69, 9.17) is 0 Å². The molecule has 1 N–H and O–H groups in total. The van der Waals surface area contributed by atoms with Crippen molar-refractivity contribution in [1.29, 1.82) is 0 Å². The van der Waals surface area contributed by atoms with Crippen molar-refractivity contribution in [2.45, 2.75) is 46.1 Å². The fourth-order valence-electron chi connectivity index (χ4n) is 2.35. The summed E-state index contributed by atoms with van der Waals surface area (Å²) in [4.78, 5) is 18.4. The maximum atomic E-state index is 12.0. The van der Waals surface area contributed by atoms with Gasteiger partial charge in [0.25, 0.3) is 0 Å². The van der Waals surface area contributed by atoms with Crippen molar-refractivity contribution in [1.82, 2.24) is 9.88 Å². The molecule has 0 atom stereocenters. The first kappa shape index (κ1) is 14.3. The van der Waals surface area contributed by atoms with Crippen molar-refractivity contribution in [3.63, 3.8) is 0 Å². The summed E-state index contributed by atoms with van der Waals surface area (Å²) in [5.41, 5.74) is 1.07. The lowest BCUT2D eigenvalue weighted by atomic mass is 10.0. The molecule has 1 saturated heterocycles. The number of nitrogens with one attached hydrogen (secondary N) is 1. The average molecular weight is 281 g/mol. The number of carbonyl (C=O) groups excluding carboxylic acids is 1. The number of aryl methyl sites for hydroxylation is 1. The number of hydrogen-bond donors (Lipinski definition) is 1. The predicted molar refractivity (Wildman–Crippen MR) is 79.5 cm³/mol. The smallest absolute Gasteiger partial charge is 0.222 e. The molecule has 0 spiro atoms. The van der Waals surface area contributed by atoms with E-state index in [-0.39, 0.29) is 0 Å². The molecule has 0 saturated carbocycles. The highest BCUT2D eigenvalue weighted by Crippen LogP contribution is 2.20. The number of rotatable bonds is 4. The maximum absolute atomic E-state index is 12.0. The minimum Gasteiger partial charge on any atom is -0.359 e. The van der Waals surface area contributed by atoms with Gasteiger partial charge >= 0.3 is 0 Å². The zero-order chi connectivity index (χ0) is 13.8. The van der Waals surface area contributed by atoms with Gasteiger partial charge in [-0.15, -0.1) is 11.3 Å². The van der Waals surface area contributed by atoms with E-state index in [0.717, 1.165) is 36.8 Å². The molecule has 1 aromatic heterocycles. The Morgan fingerprint density at radius 3 is 2.74 bits per heavy atom. The molecule has 1 aliphatic heterocycles. The number of piperidine rings is 1. The van der Waals surface area contributed by atoms with Crippen LogP contribution in [0.25, 0.3) is 0 Å². The zero-order valence-corrected chi connectivity index (χ0v) is 12.8. The third kappa shape index (κ3) is 4.20. The lowest BCUT2D eigenvalue weighted by molar-refractivity contribution is -0.132. The van der Waals surface area contributed by atoms with Crippen LogP contribution in [0.15, 0.2) is 5.38 Å². The topological polar surface area (TPSA) is 45.2 Å². The van der Waals surface area contributed by atoms with Crippen LogP contribution in [-0.2, 0) is 4.79 Å². The van der Waals surface area contributed by atoms with E-state index in [1.54, 1.807) is 11.3 Å². The SMILES string of the molecule is Cc1csc(NC2CCN(C(=O)CC(C)C)CC2)n1. The number of hydrogen-bond acceptors (Lipinski definition) is 4. The predicted octanol–water partition coefficient (Wildman–Crippen LogP) is 2.90. The molecule has 0 radical (unpaired) electrons. The van der Waals surface area contributed by atoms with Crippen molar-refractivity contribution in [2.24, 2.45) is 5.92 Å². The van der Waals surface area contributed by atoms with E-state index < -0.39 is 0 Å². The van der Waals surface area contributed by atoms with Gasteiger partial charge in [-0.3, -0.25) is 4.79 Å². The van der Waals surface area contributed by atoms with Gasteiger partial charge in [0.2, 0.25) is 5.91 Å². The number of aromatic nitrogens is 1. The third-order valence-corrected chi connectivity index (χ3v) is 4.27. The molecular formula is C14H23N3OS. The zero-order valence-electron chi connectivity index (χ0n) is 12.0. The molecule has 1 aliphatic rings. The van der Waals surface area contributed by atoms with Gasteiger partial charge in [0.15, 0.2) is 5.13 Å². The van der Waals surface area contributed by atoms with Crippen LogP contribution in [0.3, 0.4) is 0 Å². The summed E-state index contributed by atoms with van der Waals surface area (Å²) in [6.07, 6.45) is 2.70. The summed E-state index contributed by atoms with van der Waals surface area (Å²) in [6, 6.07) is 0.452. The first-order chi connectivity index (χ1) is 9.04. The maximum Gasteiger partial charge on any atom is 0.222 e. The number of thiazole rings is 1. The van der Waals surface area contributed by atoms with E-state index in [0.29, 0.717) is 24.3 Å². The van der Waals surface area contributed by atoms with Gasteiger partial charge in [0.1, 0.15) is 0 Å². The Kier molecular flexibility index (Phi) is 4.80. The van der Waals surface area contributed by atoms with E-state index in [9.17, 15) is 4.79 Å². The average Bonchev–Trinajstić information content (AvgIpc) is 2.75. The van der Waals surface area contributed by atoms with Gasteiger partial charge in [-0.25, -0.2) is 4.98 Å². The molecule has 106 valence electrons. The number of likely N-dealkylation sites (tertiary alicyclic amines) is 1. The van der Waals surface area contributed by atoms with E-state index in [2.05, 4.69) is 29.5 Å². The fourth-order valence-corrected chi connectivity index (χ4v) is 3.11. The summed E-state index contributed by atoms with van der Waals surface area (Å²) in [5, 5.41) is 6.53. The molecule has 1 fully saturated rings. The Morgan fingerprint density at radius 2 is 2.21 bits per heavy atom. The highest BCUT2D eigenvalue weighted by Gasteiger charge is 2.23. The van der Waals surface area contributed by atoms with Crippen LogP contribution >= 0.6 is 11.3 Å². The van der Waals surface area contributed by atoms with Crippen LogP contribution in [0.1, 0.15) is 38.8 Å². The summed E-state index contributed by atoms with van der Waals surface area (Å²) in [7, 11) is 0. The summed E-state index contributed by atoms with van der Waals surface area (Å²) in [5.74, 6) is 0.750. The lowest BCUT2D eigenvalue weighted by Gasteiger charge is -2.32. The van der Waals surface area contributed by atoms with Crippen molar-refractivity contribution < 1.29 is 4.79 Å². The molecule has 0 aromatic carbocycles. The van der Waals surface area contributed by atoms with Crippen LogP contribution < -0.4 is 5.32 Å². The van der Waals surface area contributed by atoms with E-state index in [1.165, 1.54) is 0 Å². The Morgan fingerprint density at radius 1 is 1.53 bits per heavy atom. The van der Waals surface area contributed by atoms with Crippen LogP contribution in [-0.4, -0.2) is 34.9 Å². The standard InChI is InChI=1S/C14H23N3OS/c1-10(2)8-13(18)17-6-4-12(5-7-17)16-14-15-11(3)9-19-14/h9-10,12H,4-8H2,1-3H3,(H,15,16). The van der Waals surface area contributed by atoms with E-state index >= 15 is 0 Å². The summed E-state index contributed by atoms with van der Waals surface area (Å²) in [6.45, 7) is 7.93. The highest BCUT2D eigenvalue weighted by molar-refractivity contribution is 7.13. The van der Waals surface area contributed by atoms with Crippen LogP contribution in [0.5, 0.6) is 0 Å². The van der Waals surface area contributed by atoms with Crippen molar-refractivity contribution in [3.05, 3.63) is 11.1 Å². The number of anilines is 1. The van der Waals surface area contributed by atoms with E-state index in [1.807, 2.05) is 11.8 Å². The lowest BCUT2D eigenvalue weighted by Crippen LogP contribution is -2.42. The van der Waals surface area contributed by atoms with Gasteiger partial charge < -0.3 is 10.2 Å². The van der Waals surface area contributed by atoms with Gasteiger partial charge in [-0.2, -0.15) is 0 Å². The summed E-state index contributed by atoms with van der Waals surface area (Å²) >= 11 is 1.66. The van der Waals surface area contributed by atoms with Crippen molar-refractivity contribution in [2.75, 3.05) is 18.4 Å². The molecular weight excluding hydrogens is 258 g/mol. The third-order valence-electron chi connectivity index (χ3n) is 3.38. The Hall–Kier alpha value is -1.10. The molecule has 0 unspecified atom stereocenters. The Bertz CT molecular complexity index is 422. The molecule has 2 heterocycles. The molecule has 0 bridgehead atoms. The van der Waals surface area contributed by atoms with Gasteiger partial charge in [0, 0.05) is 30.9 Å². The Balaban J connectivity index is 1.77. The number of carbonyl (C=O) groups is 1. The van der Waals surface area contributed by atoms with Gasteiger partial charge in [-0.1, -0.05) is 13.8 Å². The normalized spacial score (nSPS) is 16.9. The first-order valence-corrected chi connectivity index (χ1v) is 7.89. The van der Waals surface area contributed by atoms with Crippen molar-refractivity contribution >= 4 is 22.4 Å². The highest BCUT2D eigenvalue weighted by atomic mass is 32.1. The van der Waals surface area contributed by atoms with Gasteiger partial charge in [0.05, 0.1) is 5.69 Å². The Labute approximate surface area is 119 Å². The minimum absolute atomic E-state index is 0.304. The molecule has 1 amide bonds. The number of nitrogens with zero attached hydrogens (tertiary/aromatic N) is 2. The summed E-state index contributed by atoms with van der Waals surface area (Å²) < 4.78 is 0. The second kappa shape index (κ2) is 6.37. The monoisotopic (exact) mass is 281 g/mol. The molecule has 1 aromatic rings. The van der Waals surface area contributed by atoms with Crippen LogP contribution in [0.2, 0.25) is 0 Å². The molecule has 19 heavy (non-hydrogen) atoms. The molecule has 5 heteroatoms.